The van der Waals surface area contributed by atoms with Crippen LogP contribution in [0.25, 0.3) is 0 Å². The summed E-state index contributed by atoms with van der Waals surface area (Å²) in [6.45, 7) is 10.9. The monoisotopic (exact) mass is 652 g/mol. The van der Waals surface area contributed by atoms with Crippen molar-refractivity contribution >= 4 is 29.4 Å². The summed E-state index contributed by atoms with van der Waals surface area (Å²) in [4.78, 5) is 51.6. The number of carbonyl (C=O) groups is 3. The molecule has 2 N–H and O–H groups in total. The smallest absolute Gasteiger partial charge is 0.407 e. The molecule has 4 heterocycles. The number of ether oxygens (including phenoxy) is 2. The molecule has 1 unspecified atom stereocenters. The van der Waals surface area contributed by atoms with Gasteiger partial charge in [-0.25, -0.2) is 9.18 Å². The molecule has 3 amide bonds. The molecule has 1 aromatic heterocycles. The van der Waals surface area contributed by atoms with Gasteiger partial charge in [-0.1, -0.05) is 12.1 Å². The Kier molecular flexibility index (Phi) is 9.67. The second-order valence-electron chi connectivity index (χ2n) is 13.6. The van der Waals surface area contributed by atoms with Crippen molar-refractivity contribution in [3.05, 3.63) is 47.3 Å². The van der Waals surface area contributed by atoms with Crippen molar-refractivity contribution in [1.29, 1.82) is 0 Å². The highest BCUT2D eigenvalue weighted by Crippen LogP contribution is 2.38. The quantitative estimate of drug-likeness (QED) is 0.441. The third kappa shape index (κ3) is 7.37. The Morgan fingerprint density at radius 2 is 1.68 bits per heavy atom. The van der Waals surface area contributed by atoms with Gasteiger partial charge in [0.2, 0.25) is 17.7 Å². The average molecular weight is 653 g/mol. The van der Waals surface area contributed by atoms with E-state index in [0.717, 1.165) is 18.4 Å². The van der Waals surface area contributed by atoms with Crippen molar-refractivity contribution in [3.8, 4) is 5.88 Å². The number of morpholine rings is 1. The summed E-state index contributed by atoms with van der Waals surface area (Å²) < 4.78 is 25.4. The number of rotatable bonds is 8. The van der Waals surface area contributed by atoms with Crippen LogP contribution in [0.3, 0.4) is 0 Å². The Hall–Kier alpha value is -3.81. The summed E-state index contributed by atoms with van der Waals surface area (Å²) in [7, 11) is 0. The molecule has 3 aliphatic heterocycles. The van der Waals surface area contributed by atoms with Gasteiger partial charge in [0.25, 0.3) is 0 Å². The van der Waals surface area contributed by atoms with Gasteiger partial charge in [0.05, 0.1) is 25.8 Å². The van der Waals surface area contributed by atoms with Crippen LogP contribution < -0.4 is 15.0 Å². The number of pyridine rings is 1. The number of carbonyl (C=O) groups excluding carboxylic acids is 2. The number of fused-ring (bicyclic) bond motifs is 1. The first kappa shape index (κ1) is 33.1. The minimum Gasteiger partial charge on any atom is -0.474 e. The number of halogens is 1. The Labute approximate surface area is 274 Å². The number of piperazine rings is 1. The number of anilines is 2. The van der Waals surface area contributed by atoms with E-state index in [2.05, 4.69) is 29.0 Å². The highest BCUT2D eigenvalue weighted by Gasteiger charge is 2.40. The zero-order valence-corrected chi connectivity index (χ0v) is 27.5. The van der Waals surface area contributed by atoms with E-state index in [-0.39, 0.29) is 72.8 Å². The van der Waals surface area contributed by atoms with E-state index in [1.807, 2.05) is 19.9 Å². The van der Waals surface area contributed by atoms with Crippen LogP contribution >= 0.6 is 0 Å². The molecule has 1 aromatic carbocycles. The van der Waals surface area contributed by atoms with Gasteiger partial charge >= 0.3 is 6.09 Å². The van der Waals surface area contributed by atoms with E-state index in [9.17, 15) is 23.9 Å². The van der Waals surface area contributed by atoms with Gasteiger partial charge in [-0.3, -0.25) is 19.4 Å². The minimum absolute atomic E-state index is 0.0362. The fourth-order valence-corrected chi connectivity index (χ4v) is 6.96. The second-order valence-corrected chi connectivity index (χ2v) is 13.6. The maximum absolute atomic E-state index is 14.3. The number of nitrogens with one attached hydrogen (secondary N) is 1. The number of benzene rings is 1. The third-order valence-electron chi connectivity index (χ3n) is 9.79. The maximum atomic E-state index is 14.3. The normalized spacial score (nSPS) is 26.8. The molecule has 2 aromatic rings. The molecule has 47 heavy (non-hydrogen) atoms. The van der Waals surface area contributed by atoms with E-state index in [4.69, 9.17) is 14.5 Å². The Bertz CT molecular complexity index is 1480. The topological polar surface area (TPSA) is 128 Å². The predicted molar refractivity (Wildman–Crippen MR) is 173 cm³/mol. The van der Waals surface area contributed by atoms with Gasteiger partial charge in [-0.2, -0.15) is 4.98 Å². The number of aromatic nitrogens is 1. The molecule has 12 nitrogen and oxygen atoms in total. The first-order chi connectivity index (χ1) is 22.5. The molecule has 4 aliphatic rings. The third-order valence-corrected chi connectivity index (χ3v) is 9.79. The second kappa shape index (κ2) is 13.7. The molecule has 0 radical (unpaired) electrons. The molecule has 1 aliphatic carbocycles. The molecule has 254 valence electrons. The summed E-state index contributed by atoms with van der Waals surface area (Å²) >= 11 is 0. The van der Waals surface area contributed by atoms with Crippen molar-refractivity contribution in [2.24, 2.45) is 5.92 Å². The lowest BCUT2D eigenvalue weighted by atomic mass is 10.0. The van der Waals surface area contributed by atoms with Crippen molar-refractivity contribution in [2.45, 2.75) is 77.2 Å². The first-order valence-corrected chi connectivity index (χ1v) is 16.6. The number of hydrogen-bond donors (Lipinski definition) is 2. The molecule has 2 saturated heterocycles. The number of carboxylic acid groups (broad SMARTS) is 1. The van der Waals surface area contributed by atoms with Gasteiger partial charge in [0.15, 0.2) is 0 Å². The molecular weight excluding hydrogens is 607 g/mol. The van der Waals surface area contributed by atoms with Crippen LogP contribution in [-0.4, -0.2) is 119 Å². The van der Waals surface area contributed by atoms with E-state index in [0.29, 0.717) is 56.3 Å². The molecule has 13 heteroatoms. The van der Waals surface area contributed by atoms with Crippen LogP contribution in [0.1, 0.15) is 51.7 Å². The molecule has 1 saturated carbocycles. The zero-order chi connectivity index (χ0) is 33.4. The molecule has 6 rings (SSSR count). The summed E-state index contributed by atoms with van der Waals surface area (Å²) in [5, 5.41) is 12.9. The van der Waals surface area contributed by atoms with E-state index >= 15 is 0 Å². The molecule has 3 fully saturated rings. The van der Waals surface area contributed by atoms with Crippen molar-refractivity contribution in [3.63, 3.8) is 0 Å². The number of nitrogens with zero attached hydrogens (tertiary/aromatic N) is 5. The van der Waals surface area contributed by atoms with E-state index in [1.165, 1.54) is 17.0 Å². The van der Waals surface area contributed by atoms with Gasteiger partial charge in [0, 0.05) is 61.7 Å². The lowest BCUT2D eigenvalue weighted by Crippen LogP contribution is -2.65. The van der Waals surface area contributed by atoms with Crippen molar-refractivity contribution in [1.82, 2.24) is 19.7 Å². The highest BCUT2D eigenvalue weighted by atomic mass is 19.1. The highest BCUT2D eigenvalue weighted by molar-refractivity contribution is 5.98. The fourth-order valence-electron chi connectivity index (χ4n) is 6.96. The molecule has 0 bridgehead atoms. The van der Waals surface area contributed by atoms with Gasteiger partial charge in [-0.05, 0) is 64.3 Å². The van der Waals surface area contributed by atoms with Gasteiger partial charge in [-0.15, -0.1) is 0 Å². The Balaban J connectivity index is 1.28. The van der Waals surface area contributed by atoms with Crippen LogP contribution in [0.15, 0.2) is 30.3 Å². The van der Waals surface area contributed by atoms with Gasteiger partial charge < -0.3 is 29.7 Å². The Morgan fingerprint density at radius 1 is 0.979 bits per heavy atom. The van der Waals surface area contributed by atoms with Crippen LogP contribution in [0.5, 0.6) is 5.88 Å². The predicted octanol–water partition coefficient (Wildman–Crippen LogP) is 3.44. The van der Waals surface area contributed by atoms with Crippen LogP contribution in [0.4, 0.5) is 20.7 Å². The maximum Gasteiger partial charge on any atom is 0.407 e. The number of amides is 3. The van der Waals surface area contributed by atoms with E-state index < -0.39 is 6.09 Å². The van der Waals surface area contributed by atoms with Crippen LogP contribution in [-0.2, 0) is 20.7 Å². The van der Waals surface area contributed by atoms with Crippen molar-refractivity contribution < 1.29 is 33.4 Å². The summed E-state index contributed by atoms with van der Waals surface area (Å²) in [6.07, 6.45) is 1.08. The lowest BCUT2D eigenvalue weighted by Gasteiger charge is -2.48. The number of hydrogen-bond acceptors (Lipinski definition) is 8. The zero-order valence-electron chi connectivity index (χ0n) is 27.5. The Morgan fingerprint density at radius 3 is 2.34 bits per heavy atom. The SMILES string of the molecule is CC1COc2nc(NC(=O)C3CC3)c(Cc3ccc(F)cc3)cc2N1C(=O)CN1C[C@@H](C)N(C(=O)O)C[C@@H]1CN1[C@H](C)COC[C@H]1C. The summed E-state index contributed by atoms with van der Waals surface area (Å²) in [5.74, 6) is 0.0232. The van der Waals surface area contributed by atoms with Crippen LogP contribution in [0.2, 0.25) is 0 Å². The largest absolute Gasteiger partial charge is 0.474 e. The van der Waals surface area contributed by atoms with Crippen molar-refractivity contribution in [2.75, 3.05) is 56.2 Å². The molecule has 5 atom stereocenters. The van der Waals surface area contributed by atoms with Gasteiger partial charge in [0.1, 0.15) is 23.9 Å². The van der Waals surface area contributed by atoms with E-state index in [1.54, 1.807) is 17.0 Å². The van der Waals surface area contributed by atoms with Crippen LogP contribution in [0, 0.1) is 11.7 Å². The molecule has 0 spiro atoms. The summed E-state index contributed by atoms with van der Waals surface area (Å²) in [6, 6.07) is 7.58. The first-order valence-electron chi connectivity index (χ1n) is 16.6. The standard InChI is InChI=1S/C34H45FN6O6/c1-20-13-38(28(15-40(20)34(44)45)14-39-21(2)17-46-18-22(39)3)16-30(42)41-23(4)19-47-33-29(41)12-26(11-24-5-9-27(35)10-6-24)31(37-33)36-32(43)25-7-8-25/h5-6,9-10,12,20-23,25,28H,7-8,11,13-19H2,1-4H3,(H,44,45)(H,36,37,43)/t20-,21-,22-,23?,28+/m1/s1. The fraction of sp³-hybridized carbons (Fsp3) is 0.588. The minimum atomic E-state index is -0.961. The lowest BCUT2D eigenvalue weighted by molar-refractivity contribution is -0.123. The molecular formula is C34H45FN6O6. The summed E-state index contributed by atoms with van der Waals surface area (Å²) in [5.41, 5.74) is 2.04. The average Bonchev–Trinajstić information content (AvgIpc) is 3.87.